The number of hydrogen-bond donors (Lipinski definition) is 0. The highest BCUT2D eigenvalue weighted by atomic mass is 127. The minimum absolute atomic E-state index is 0.0594. The molecular weight excluding hydrogens is 372 g/mol. The largest absolute Gasteiger partial charge is 0.394 e. The van der Waals surface area contributed by atoms with E-state index in [4.69, 9.17) is 3.07 Å². The second-order valence-electron chi connectivity index (χ2n) is 5.00. The van der Waals surface area contributed by atoms with Crippen molar-refractivity contribution in [2.45, 2.75) is 6.42 Å². The molecule has 3 nitrogen and oxygen atoms in total. The minimum atomic E-state index is -0.226. The number of benzene rings is 2. The molecule has 3 rings (SSSR count). The molecule has 0 N–H and O–H groups in total. The molecule has 0 unspecified atom stereocenters. The Morgan fingerprint density at radius 1 is 1.25 bits per heavy atom. The van der Waals surface area contributed by atoms with Gasteiger partial charge in [0.15, 0.2) is 23.0 Å². The number of fused-ring (bicyclic) bond motifs is 1. The SMILES string of the molecule is O=C(OI)[C@@H]1CCN(c2ccc3cc(F)ccc3c2)C1. The molecule has 0 radical (unpaired) electrons. The van der Waals surface area contributed by atoms with Crippen LogP contribution in [0.2, 0.25) is 0 Å². The van der Waals surface area contributed by atoms with Gasteiger partial charge in [-0.2, -0.15) is 0 Å². The lowest BCUT2D eigenvalue weighted by Gasteiger charge is -2.18. The van der Waals surface area contributed by atoms with Crippen molar-refractivity contribution in [2.24, 2.45) is 5.92 Å². The fraction of sp³-hybridized carbons (Fsp3) is 0.267. The molecule has 2 aromatic rings. The van der Waals surface area contributed by atoms with Crippen LogP contribution in [0.4, 0.5) is 10.1 Å². The summed E-state index contributed by atoms with van der Waals surface area (Å²) in [5.74, 6) is -0.442. The molecule has 1 heterocycles. The maximum Gasteiger partial charge on any atom is 0.320 e. The van der Waals surface area contributed by atoms with Crippen molar-refractivity contribution < 1.29 is 12.3 Å². The van der Waals surface area contributed by atoms with Gasteiger partial charge in [-0.15, -0.1) is 0 Å². The number of anilines is 1. The Morgan fingerprint density at radius 3 is 2.80 bits per heavy atom. The quantitative estimate of drug-likeness (QED) is 0.739. The van der Waals surface area contributed by atoms with Gasteiger partial charge in [0.2, 0.25) is 0 Å². The van der Waals surface area contributed by atoms with Gasteiger partial charge in [-0.3, -0.25) is 4.79 Å². The van der Waals surface area contributed by atoms with Crippen LogP contribution >= 0.6 is 23.0 Å². The van der Waals surface area contributed by atoms with Gasteiger partial charge in [0.25, 0.3) is 0 Å². The number of halogens is 2. The Hall–Kier alpha value is -1.37. The van der Waals surface area contributed by atoms with E-state index >= 15 is 0 Å². The summed E-state index contributed by atoms with van der Waals surface area (Å²) in [6.07, 6.45) is 0.809. The zero-order valence-electron chi connectivity index (χ0n) is 10.7. The summed E-state index contributed by atoms with van der Waals surface area (Å²) in [5, 5.41) is 1.89. The topological polar surface area (TPSA) is 29.5 Å². The second-order valence-corrected chi connectivity index (χ2v) is 5.44. The average molecular weight is 385 g/mol. The van der Waals surface area contributed by atoms with E-state index in [-0.39, 0.29) is 17.7 Å². The van der Waals surface area contributed by atoms with E-state index in [9.17, 15) is 9.18 Å². The van der Waals surface area contributed by atoms with Crippen LogP contribution in [-0.4, -0.2) is 19.1 Å². The third kappa shape index (κ3) is 2.59. The maximum atomic E-state index is 13.2. The van der Waals surface area contributed by atoms with Crippen molar-refractivity contribution >= 4 is 45.4 Å². The minimum Gasteiger partial charge on any atom is -0.394 e. The highest BCUT2D eigenvalue weighted by Crippen LogP contribution is 2.28. The zero-order valence-corrected chi connectivity index (χ0v) is 12.8. The second kappa shape index (κ2) is 5.55. The smallest absolute Gasteiger partial charge is 0.320 e. The molecule has 0 bridgehead atoms. The molecule has 20 heavy (non-hydrogen) atoms. The van der Waals surface area contributed by atoms with Crippen molar-refractivity contribution in [3.8, 4) is 0 Å². The van der Waals surface area contributed by atoms with Gasteiger partial charge in [0, 0.05) is 18.8 Å². The van der Waals surface area contributed by atoms with Gasteiger partial charge in [-0.05, 0) is 41.5 Å². The Labute approximate surface area is 130 Å². The van der Waals surface area contributed by atoms with Crippen molar-refractivity contribution in [1.29, 1.82) is 0 Å². The van der Waals surface area contributed by atoms with E-state index in [1.165, 1.54) is 12.1 Å². The standard InChI is InChI=1S/C15H13FINO2/c16-13-3-1-11-8-14(4-2-10(11)7-13)18-6-5-12(9-18)15(19)20-17/h1-4,7-8,12H,5-6,9H2/t12-/m1/s1. The summed E-state index contributed by atoms with van der Waals surface area (Å²) in [7, 11) is 0. The number of carbonyl (C=O) groups excluding carboxylic acids is 1. The van der Waals surface area contributed by atoms with Crippen molar-refractivity contribution in [2.75, 3.05) is 18.0 Å². The third-order valence-electron chi connectivity index (χ3n) is 3.75. The molecule has 0 saturated carbocycles. The van der Waals surface area contributed by atoms with E-state index in [1.807, 2.05) is 18.2 Å². The van der Waals surface area contributed by atoms with Crippen LogP contribution in [-0.2, 0) is 7.86 Å². The normalized spacial score (nSPS) is 18.5. The predicted molar refractivity (Wildman–Crippen MR) is 84.3 cm³/mol. The summed E-state index contributed by atoms with van der Waals surface area (Å²) in [4.78, 5) is 13.7. The van der Waals surface area contributed by atoms with Crippen LogP contribution in [0.15, 0.2) is 36.4 Å². The third-order valence-corrected chi connectivity index (χ3v) is 4.18. The predicted octanol–water partition coefficient (Wildman–Crippen LogP) is 3.70. The molecule has 104 valence electrons. The highest BCUT2D eigenvalue weighted by molar-refractivity contribution is 14.1. The number of rotatable bonds is 2. The molecule has 1 fully saturated rings. The van der Waals surface area contributed by atoms with Gasteiger partial charge >= 0.3 is 5.97 Å². The van der Waals surface area contributed by atoms with E-state index in [0.29, 0.717) is 6.54 Å². The van der Waals surface area contributed by atoms with E-state index in [2.05, 4.69) is 4.90 Å². The number of hydrogen-bond acceptors (Lipinski definition) is 3. The first kappa shape index (κ1) is 13.6. The van der Waals surface area contributed by atoms with Gasteiger partial charge in [-0.25, -0.2) is 4.39 Å². The number of carbonyl (C=O) groups is 1. The fourth-order valence-corrected chi connectivity index (χ4v) is 3.01. The summed E-state index contributed by atoms with van der Waals surface area (Å²) < 4.78 is 17.9. The summed E-state index contributed by atoms with van der Waals surface area (Å²) in [6.45, 7) is 1.51. The lowest BCUT2D eigenvalue weighted by atomic mass is 10.1. The molecular formula is C15H13FINO2. The first-order valence-corrected chi connectivity index (χ1v) is 7.32. The monoisotopic (exact) mass is 385 g/mol. The van der Waals surface area contributed by atoms with E-state index < -0.39 is 0 Å². The summed E-state index contributed by atoms with van der Waals surface area (Å²) >= 11 is 1.64. The molecule has 0 amide bonds. The maximum absolute atomic E-state index is 13.2. The van der Waals surface area contributed by atoms with Crippen molar-refractivity contribution in [3.63, 3.8) is 0 Å². The molecule has 0 aromatic heterocycles. The molecule has 0 spiro atoms. The highest BCUT2D eigenvalue weighted by Gasteiger charge is 2.29. The molecule has 1 aliphatic heterocycles. The zero-order chi connectivity index (χ0) is 14.1. The summed E-state index contributed by atoms with van der Waals surface area (Å²) in [6, 6.07) is 10.7. The van der Waals surface area contributed by atoms with Gasteiger partial charge in [0.1, 0.15) is 5.82 Å². The molecule has 5 heteroatoms. The average Bonchev–Trinajstić information content (AvgIpc) is 2.95. The van der Waals surface area contributed by atoms with Crippen LogP contribution < -0.4 is 4.90 Å². The van der Waals surface area contributed by atoms with Crippen molar-refractivity contribution in [1.82, 2.24) is 0 Å². The molecule has 0 aliphatic carbocycles. The Bertz CT molecular complexity index is 661. The van der Waals surface area contributed by atoms with Crippen LogP contribution in [0.1, 0.15) is 6.42 Å². The van der Waals surface area contributed by atoms with Crippen LogP contribution in [0.3, 0.4) is 0 Å². The molecule has 1 saturated heterocycles. The van der Waals surface area contributed by atoms with Crippen molar-refractivity contribution in [3.05, 3.63) is 42.2 Å². The van der Waals surface area contributed by atoms with E-state index in [1.54, 1.807) is 29.1 Å². The van der Waals surface area contributed by atoms with Gasteiger partial charge in [-0.1, -0.05) is 12.1 Å². The molecule has 1 atom stereocenters. The molecule has 2 aromatic carbocycles. The Kier molecular flexibility index (Phi) is 3.78. The van der Waals surface area contributed by atoms with Gasteiger partial charge < -0.3 is 7.97 Å². The molecule has 1 aliphatic rings. The lowest BCUT2D eigenvalue weighted by molar-refractivity contribution is -0.135. The number of nitrogens with zero attached hydrogens (tertiary/aromatic N) is 1. The van der Waals surface area contributed by atoms with Crippen LogP contribution in [0.5, 0.6) is 0 Å². The van der Waals surface area contributed by atoms with Crippen LogP contribution in [0.25, 0.3) is 10.8 Å². The fourth-order valence-electron chi connectivity index (χ4n) is 2.65. The first-order valence-electron chi connectivity index (χ1n) is 6.44. The Morgan fingerprint density at radius 2 is 2.00 bits per heavy atom. The van der Waals surface area contributed by atoms with E-state index in [0.717, 1.165) is 29.4 Å². The summed E-state index contributed by atoms with van der Waals surface area (Å²) in [5.41, 5.74) is 1.06. The lowest BCUT2D eigenvalue weighted by Crippen LogP contribution is -2.22. The van der Waals surface area contributed by atoms with Crippen LogP contribution in [0, 0.1) is 11.7 Å². The Balaban J connectivity index is 1.84. The van der Waals surface area contributed by atoms with Gasteiger partial charge in [0.05, 0.1) is 5.92 Å². The first-order chi connectivity index (χ1) is 9.67.